The van der Waals surface area contributed by atoms with E-state index in [1.807, 2.05) is 20.8 Å². The van der Waals surface area contributed by atoms with Gasteiger partial charge in [0.15, 0.2) is 0 Å². The third kappa shape index (κ3) is 5.60. The average Bonchev–Trinajstić information content (AvgIpc) is 2.35. The normalized spacial score (nSPS) is 10.6. The van der Waals surface area contributed by atoms with Crippen LogP contribution in [0.1, 0.15) is 20.8 Å². The zero-order valence-corrected chi connectivity index (χ0v) is 12.2. The van der Waals surface area contributed by atoms with Gasteiger partial charge in [0.25, 0.3) is 0 Å². The van der Waals surface area contributed by atoms with Gasteiger partial charge in [-0.1, -0.05) is 12.1 Å². The number of benzene rings is 1. The summed E-state index contributed by atoms with van der Waals surface area (Å²) in [6.45, 7) is 5.54. The SMILES string of the molecule is COc1ccccc1NC(=O)NCC(=O)NC(C)(C)C. The number of para-hydroxylation sites is 2. The average molecular weight is 279 g/mol. The number of amides is 3. The summed E-state index contributed by atoms with van der Waals surface area (Å²) in [6, 6.07) is 6.58. The van der Waals surface area contributed by atoms with E-state index in [2.05, 4.69) is 16.0 Å². The van der Waals surface area contributed by atoms with Crippen LogP contribution in [0, 0.1) is 0 Å². The van der Waals surface area contributed by atoms with Crippen molar-refractivity contribution in [2.75, 3.05) is 19.0 Å². The van der Waals surface area contributed by atoms with Gasteiger partial charge in [-0.05, 0) is 32.9 Å². The number of anilines is 1. The lowest BCUT2D eigenvalue weighted by Gasteiger charge is -2.20. The molecule has 110 valence electrons. The van der Waals surface area contributed by atoms with Gasteiger partial charge >= 0.3 is 6.03 Å². The number of hydrogen-bond acceptors (Lipinski definition) is 3. The highest BCUT2D eigenvalue weighted by Gasteiger charge is 2.14. The molecule has 0 bridgehead atoms. The number of ether oxygens (including phenoxy) is 1. The van der Waals surface area contributed by atoms with Gasteiger partial charge in [0.1, 0.15) is 5.75 Å². The van der Waals surface area contributed by atoms with Crippen molar-refractivity contribution in [3.05, 3.63) is 24.3 Å². The molecule has 0 aromatic heterocycles. The van der Waals surface area contributed by atoms with Crippen molar-refractivity contribution < 1.29 is 14.3 Å². The lowest BCUT2D eigenvalue weighted by Crippen LogP contribution is -2.46. The maximum absolute atomic E-state index is 11.7. The first-order chi connectivity index (χ1) is 9.31. The third-order valence-electron chi connectivity index (χ3n) is 2.28. The van der Waals surface area contributed by atoms with E-state index in [0.29, 0.717) is 11.4 Å². The first-order valence-electron chi connectivity index (χ1n) is 6.31. The van der Waals surface area contributed by atoms with E-state index in [4.69, 9.17) is 4.74 Å². The van der Waals surface area contributed by atoms with Crippen molar-refractivity contribution in [3.8, 4) is 5.75 Å². The smallest absolute Gasteiger partial charge is 0.319 e. The topological polar surface area (TPSA) is 79.5 Å². The molecule has 0 heterocycles. The zero-order chi connectivity index (χ0) is 15.2. The summed E-state index contributed by atoms with van der Waals surface area (Å²) in [5.74, 6) is 0.314. The van der Waals surface area contributed by atoms with Crippen LogP contribution >= 0.6 is 0 Å². The molecule has 1 rings (SSSR count). The Morgan fingerprint density at radius 1 is 1.20 bits per heavy atom. The van der Waals surface area contributed by atoms with Gasteiger partial charge in [0.2, 0.25) is 5.91 Å². The quantitative estimate of drug-likeness (QED) is 0.785. The second-order valence-electron chi connectivity index (χ2n) is 5.31. The van der Waals surface area contributed by atoms with Gasteiger partial charge in [0, 0.05) is 5.54 Å². The number of methoxy groups -OCH3 is 1. The molecular weight excluding hydrogens is 258 g/mol. The Labute approximate surface area is 118 Å². The van der Waals surface area contributed by atoms with E-state index >= 15 is 0 Å². The summed E-state index contributed by atoms with van der Waals surface area (Å²) < 4.78 is 5.12. The minimum absolute atomic E-state index is 0.0851. The summed E-state index contributed by atoms with van der Waals surface area (Å²) >= 11 is 0. The number of carbonyl (C=O) groups excluding carboxylic acids is 2. The summed E-state index contributed by atoms with van der Waals surface area (Å²) in [4.78, 5) is 23.3. The van der Waals surface area contributed by atoms with Crippen molar-refractivity contribution in [1.29, 1.82) is 0 Å². The van der Waals surface area contributed by atoms with Crippen LogP contribution in [-0.2, 0) is 4.79 Å². The Hall–Kier alpha value is -2.24. The lowest BCUT2D eigenvalue weighted by atomic mass is 10.1. The molecule has 20 heavy (non-hydrogen) atoms. The largest absolute Gasteiger partial charge is 0.495 e. The fourth-order valence-corrected chi connectivity index (χ4v) is 1.54. The fourth-order valence-electron chi connectivity index (χ4n) is 1.54. The number of carbonyl (C=O) groups is 2. The highest BCUT2D eigenvalue weighted by molar-refractivity contribution is 5.93. The van der Waals surface area contributed by atoms with Crippen molar-refractivity contribution in [1.82, 2.24) is 10.6 Å². The van der Waals surface area contributed by atoms with Crippen molar-refractivity contribution >= 4 is 17.6 Å². The molecule has 0 aliphatic carbocycles. The molecule has 3 N–H and O–H groups in total. The Kier molecular flexibility index (Phi) is 5.37. The molecule has 0 atom stereocenters. The monoisotopic (exact) mass is 279 g/mol. The zero-order valence-electron chi connectivity index (χ0n) is 12.2. The first-order valence-corrected chi connectivity index (χ1v) is 6.31. The number of urea groups is 1. The van der Waals surface area contributed by atoms with Gasteiger partial charge in [-0.25, -0.2) is 4.79 Å². The van der Waals surface area contributed by atoms with E-state index in [9.17, 15) is 9.59 Å². The van der Waals surface area contributed by atoms with E-state index in [1.54, 1.807) is 24.3 Å². The summed E-state index contributed by atoms with van der Waals surface area (Å²) in [7, 11) is 1.52. The van der Waals surface area contributed by atoms with Gasteiger partial charge < -0.3 is 20.7 Å². The number of hydrogen-bond donors (Lipinski definition) is 3. The minimum Gasteiger partial charge on any atom is -0.495 e. The molecule has 0 aliphatic heterocycles. The van der Waals surface area contributed by atoms with Crippen LogP contribution in [0.2, 0.25) is 0 Å². The molecule has 0 saturated heterocycles. The summed E-state index contributed by atoms with van der Waals surface area (Å²) in [6.07, 6.45) is 0. The Morgan fingerprint density at radius 2 is 1.85 bits per heavy atom. The number of nitrogens with one attached hydrogen (secondary N) is 3. The molecule has 1 aromatic rings. The van der Waals surface area contributed by atoms with Crippen molar-refractivity contribution in [3.63, 3.8) is 0 Å². The van der Waals surface area contributed by atoms with Crippen molar-refractivity contribution in [2.45, 2.75) is 26.3 Å². The summed E-state index contributed by atoms with van der Waals surface area (Å²) in [5.41, 5.74) is 0.224. The van der Waals surface area contributed by atoms with Crippen LogP contribution in [0.3, 0.4) is 0 Å². The van der Waals surface area contributed by atoms with Gasteiger partial charge in [-0.3, -0.25) is 4.79 Å². The predicted octanol–water partition coefficient (Wildman–Crippen LogP) is 1.73. The standard InChI is InChI=1S/C14H21N3O3/c1-14(2,3)17-12(18)9-15-13(19)16-10-7-5-6-8-11(10)20-4/h5-8H,9H2,1-4H3,(H,17,18)(H2,15,16,19). The molecule has 0 aliphatic rings. The van der Waals surface area contributed by atoms with Crippen molar-refractivity contribution in [2.24, 2.45) is 0 Å². The van der Waals surface area contributed by atoms with Gasteiger partial charge in [-0.2, -0.15) is 0 Å². The van der Waals surface area contributed by atoms with Crippen LogP contribution in [0.25, 0.3) is 0 Å². The summed E-state index contributed by atoms with van der Waals surface area (Å²) in [5, 5.41) is 7.87. The van der Waals surface area contributed by atoms with Crippen LogP contribution in [0.15, 0.2) is 24.3 Å². The molecule has 3 amide bonds. The molecule has 0 saturated carbocycles. The fraction of sp³-hybridized carbons (Fsp3) is 0.429. The molecule has 1 aromatic carbocycles. The molecule has 6 heteroatoms. The Bertz CT molecular complexity index is 481. The van der Waals surface area contributed by atoms with E-state index in [-0.39, 0.29) is 18.0 Å². The lowest BCUT2D eigenvalue weighted by molar-refractivity contribution is -0.121. The van der Waals surface area contributed by atoms with E-state index in [0.717, 1.165) is 0 Å². The molecule has 0 unspecified atom stereocenters. The molecule has 0 radical (unpaired) electrons. The Balaban J connectivity index is 2.46. The highest BCUT2D eigenvalue weighted by Crippen LogP contribution is 2.22. The van der Waals surface area contributed by atoms with E-state index < -0.39 is 6.03 Å². The van der Waals surface area contributed by atoms with Crippen LogP contribution < -0.4 is 20.7 Å². The van der Waals surface area contributed by atoms with Gasteiger partial charge in [0.05, 0.1) is 19.3 Å². The highest BCUT2D eigenvalue weighted by atomic mass is 16.5. The van der Waals surface area contributed by atoms with Gasteiger partial charge in [-0.15, -0.1) is 0 Å². The second-order valence-corrected chi connectivity index (χ2v) is 5.31. The van der Waals surface area contributed by atoms with Crippen LogP contribution in [0.5, 0.6) is 5.75 Å². The molecule has 0 fully saturated rings. The van der Waals surface area contributed by atoms with Crippen LogP contribution in [0.4, 0.5) is 10.5 Å². The third-order valence-corrected chi connectivity index (χ3v) is 2.28. The van der Waals surface area contributed by atoms with Crippen LogP contribution in [-0.4, -0.2) is 31.1 Å². The molecule has 6 nitrogen and oxygen atoms in total. The maximum Gasteiger partial charge on any atom is 0.319 e. The minimum atomic E-state index is -0.460. The Morgan fingerprint density at radius 3 is 2.45 bits per heavy atom. The first kappa shape index (κ1) is 15.8. The maximum atomic E-state index is 11.7. The van der Waals surface area contributed by atoms with E-state index in [1.165, 1.54) is 7.11 Å². The predicted molar refractivity (Wildman–Crippen MR) is 77.9 cm³/mol. The second kappa shape index (κ2) is 6.79. The molecular formula is C14H21N3O3. The molecule has 0 spiro atoms. The number of rotatable bonds is 4.